The molecular weight excluding hydrogens is 164 g/mol. The van der Waals surface area contributed by atoms with Gasteiger partial charge in [-0.05, 0) is 20.8 Å². The van der Waals surface area contributed by atoms with Crippen LogP contribution in [0.25, 0.3) is 0 Å². The molecule has 1 unspecified atom stereocenters. The van der Waals surface area contributed by atoms with Gasteiger partial charge in [-0.15, -0.1) is 0 Å². The third-order valence-corrected chi connectivity index (χ3v) is 1.90. The van der Waals surface area contributed by atoms with Crippen molar-refractivity contribution in [1.29, 1.82) is 0 Å². The molecule has 1 fully saturated rings. The molecule has 4 heteroatoms. The second-order valence-electron chi connectivity index (χ2n) is 4.44. The number of halogens is 2. The first-order valence-electron chi connectivity index (χ1n) is 3.97. The first-order valence-corrected chi connectivity index (χ1v) is 3.97. The quantitative estimate of drug-likeness (QED) is 0.697. The van der Waals surface area contributed by atoms with Crippen LogP contribution in [0.3, 0.4) is 0 Å². The van der Waals surface area contributed by atoms with E-state index in [1.807, 2.05) is 20.8 Å². The molecule has 0 aromatic rings. The van der Waals surface area contributed by atoms with E-state index in [1.54, 1.807) is 0 Å². The molecule has 0 aliphatic heterocycles. The van der Waals surface area contributed by atoms with Crippen LogP contribution in [0, 0.1) is 0 Å². The van der Waals surface area contributed by atoms with Gasteiger partial charge in [0.05, 0.1) is 12.2 Å². The lowest BCUT2D eigenvalue weighted by Gasteiger charge is -2.22. The van der Waals surface area contributed by atoms with E-state index < -0.39 is 17.1 Å². The summed E-state index contributed by atoms with van der Waals surface area (Å²) >= 11 is 0. The Morgan fingerprint density at radius 3 is 2.08 bits per heavy atom. The van der Waals surface area contributed by atoms with Crippen molar-refractivity contribution in [3.63, 3.8) is 0 Å². The summed E-state index contributed by atoms with van der Waals surface area (Å²) in [5.74, 6) is -2.72. The summed E-state index contributed by atoms with van der Waals surface area (Å²) in [5, 5.41) is 0. The van der Waals surface area contributed by atoms with Crippen molar-refractivity contribution < 1.29 is 13.5 Å². The molecule has 0 saturated heterocycles. The van der Waals surface area contributed by atoms with E-state index in [1.165, 1.54) is 0 Å². The van der Waals surface area contributed by atoms with Crippen molar-refractivity contribution in [2.24, 2.45) is 5.73 Å². The van der Waals surface area contributed by atoms with Gasteiger partial charge in [-0.1, -0.05) is 0 Å². The molecule has 0 radical (unpaired) electrons. The monoisotopic (exact) mass is 179 g/mol. The van der Waals surface area contributed by atoms with Gasteiger partial charge in [0.1, 0.15) is 5.54 Å². The SMILES string of the molecule is CC(C)(C)OCC1(N)CC1(F)F. The van der Waals surface area contributed by atoms with E-state index >= 15 is 0 Å². The molecule has 72 valence electrons. The number of nitrogens with two attached hydrogens (primary N) is 1. The van der Waals surface area contributed by atoms with Crippen molar-refractivity contribution in [3.05, 3.63) is 0 Å². The lowest BCUT2D eigenvalue weighted by molar-refractivity contribution is -0.0337. The second kappa shape index (κ2) is 2.39. The van der Waals surface area contributed by atoms with Gasteiger partial charge >= 0.3 is 0 Å². The molecule has 0 bridgehead atoms. The molecule has 2 N–H and O–H groups in total. The Labute approximate surface area is 71.1 Å². The fraction of sp³-hybridized carbons (Fsp3) is 1.00. The van der Waals surface area contributed by atoms with Crippen LogP contribution in [0.1, 0.15) is 27.2 Å². The standard InChI is InChI=1S/C8H15F2NO/c1-6(2,3)12-5-7(11)4-8(7,9)10/h4-5,11H2,1-3H3. The summed E-state index contributed by atoms with van der Waals surface area (Å²) in [6.45, 7) is 5.38. The van der Waals surface area contributed by atoms with Crippen LogP contribution >= 0.6 is 0 Å². The third kappa shape index (κ3) is 1.93. The first kappa shape index (κ1) is 9.86. The zero-order valence-corrected chi connectivity index (χ0v) is 7.66. The Bertz CT molecular complexity index is 188. The summed E-state index contributed by atoms with van der Waals surface area (Å²) in [4.78, 5) is 0. The fourth-order valence-electron chi connectivity index (χ4n) is 0.854. The molecule has 0 amide bonds. The zero-order chi connectivity index (χ0) is 9.62. The van der Waals surface area contributed by atoms with E-state index in [-0.39, 0.29) is 13.0 Å². The van der Waals surface area contributed by atoms with E-state index in [2.05, 4.69) is 0 Å². The molecule has 1 atom stereocenters. The van der Waals surface area contributed by atoms with Crippen LogP contribution in [0.5, 0.6) is 0 Å². The van der Waals surface area contributed by atoms with E-state index in [0.717, 1.165) is 0 Å². The largest absolute Gasteiger partial charge is 0.374 e. The highest BCUT2D eigenvalue weighted by molar-refractivity contribution is 5.16. The van der Waals surface area contributed by atoms with Gasteiger partial charge in [-0.25, -0.2) is 8.78 Å². The lowest BCUT2D eigenvalue weighted by atomic mass is 10.2. The van der Waals surface area contributed by atoms with Crippen molar-refractivity contribution in [2.75, 3.05) is 6.61 Å². The third-order valence-electron chi connectivity index (χ3n) is 1.90. The van der Waals surface area contributed by atoms with Gasteiger partial charge in [0.25, 0.3) is 5.92 Å². The number of alkyl halides is 2. The highest BCUT2D eigenvalue weighted by Crippen LogP contribution is 2.50. The number of hydrogen-bond acceptors (Lipinski definition) is 2. The summed E-state index contributed by atoms with van der Waals surface area (Å²) in [7, 11) is 0. The average Bonchev–Trinajstić information content (AvgIpc) is 2.28. The van der Waals surface area contributed by atoms with Gasteiger partial charge in [0, 0.05) is 6.42 Å². The predicted molar refractivity (Wildman–Crippen MR) is 42.2 cm³/mol. The Morgan fingerprint density at radius 2 is 1.83 bits per heavy atom. The van der Waals surface area contributed by atoms with Gasteiger partial charge in [-0.2, -0.15) is 0 Å². The fourth-order valence-corrected chi connectivity index (χ4v) is 0.854. The van der Waals surface area contributed by atoms with Crippen LogP contribution < -0.4 is 5.73 Å². The topological polar surface area (TPSA) is 35.2 Å². The maximum atomic E-state index is 12.6. The summed E-state index contributed by atoms with van der Waals surface area (Å²) in [6.07, 6.45) is -0.254. The molecule has 0 spiro atoms. The average molecular weight is 179 g/mol. The number of hydrogen-bond donors (Lipinski definition) is 1. The zero-order valence-electron chi connectivity index (χ0n) is 7.66. The Hall–Kier alpha value is -0.220. The molecular formula is C8H15F2NO. The molecule has 1 aliphatic carbocycles. The minimum Gasteiger partial charge on any atom is -0.374 e. The van der Waals surface area contributed by atoms with Gasteiger partial charge in [0.2, 0.25) is 0 Å². The maximum absolute atomic E-state index is 12.6. The minimum atomic E-state index is -2.72. The van der Waals surface area contributed by atoms with Gasteiger partial charge in [0.15, 0.2) is 0 Å². The van der Waals surface area contributed by atoms with E-state index in [4.69, 9.17) is 10.5 Å². The second-order valence-corrected chi connectivity index (χ2v) is 4.44. The van der Waals surface area contributed by atoms with Crippen molar-refractivity contribution in [1.82, 2.24) is 0 Å². The highest BCUT2D eigenvalue weighted by atomic mass is 19.3. The maximum Gasteiger partial charge on any atom is 0.270 e. The van der Waals surface area contributed by atoms with Crippen LogP contribution in [0.2, 0.25) is 0 Å². The van der Waals surface area contributed by atoms with Crippen LogP contribution in [-0.2, 0) is 4.74 Å². The summed E-state index contributed by atoms with van der Waals surface area (Å²) < 4.78 is 30.3. The molecule has 0 aromatic carbocycles. The molecule has 1 rings (SSSR count). The molecule has 2 nitrogen and oxygen atoms in total. The van der Waals surface area contributed by atoms with Crippen LogP contribution in [0.4, 0.5) is 8.78 Å². The Morgan fingerprint density at radius 1 is 1.42 bits per heavy atom. The Kier molecular flexibility index (Phi) is 1.96. The van der Waals surface area contributed by atoms with E-state index in [9.17, 15) is 8.78 Å². The molecule has 0 aromatic heterocycles. The van der Waals surface area contributed by atoms with Crippen LogP contribution in [-0.4, -0.2) is 23.7 Å². The van der Waals surface area contributed by atoms with Crippen molar-refractivity contribution in [2.45, 2.75) is 44.3 Å². The van der Waals surface area contributed by atoms with Gasteiger partial charge in [-0.3, -0.25) is 0 Å². The number of rotatable bonds is 2. The molecule has 1 saturated carbocycles. The highest BCUT2D eigenvalue weighted by Gasteiger charge is 2.69. The smallest absolute Gasteiger partial charge is 0.270 e. The van der Waals surface area contributed by atoms with Crippen LogP contribution in [0.15, 0.2) is 0 Å². The minimum absolute atomic E-state index is 0.0660. The predicted octanol–water partition coefficient (Wildman–Crippen LogP) is 1.54. The lowest BCUT2D eigenvalue weighted by Crippen LogP contribution is -2.38. The van der Waals surface area contributed by atoms with Gasteiger partial charge < -0.3 is 10.5 Å². The first-order chi connectivity index (χ1) is 5.16. The number of ether oxygens (including phenoxy) is 1. The summed E-state index contributed by atoms with van der Waals surface area (Å²) in [5.41, 5.74) is 3.56. The molecule has 12 heavy (non-hydrogen) atoms. The molecule has 0 heterocycles. The normalized spacial score (nSPS) is 33.5. The molecule has 1 aliphatic rings. The van der Waals surface area contributed by atoms with Crippen molar-refractivity contribution in [3.8, 4) is 0 Å². The summed E-state index contributed by atoms with van der Waals surface area (Å²) in [6, 6.07) is 0. The Balaban J connectivity index is 2.36. The van der Waals surface area contributed by atoms with E-state index in [0.29, 0.717) is 0 Å². The van der Waals surface area contributed by atoms with Crippen molar-refractivity contribution >= 4 is 0 Å².